The molecule has 7 heteroatoms. The van der Waals surface area contributed by atoms with Crippen molar-refractivity contribution in [3.05, 3.63) is 65.7 Å². The molecule has 0 aliphatic rings. The Morgan fingerprint density at radius 1 is 1.11 bits per heavy atom. The molecule has 2 aromatic carbocycles. The van der Waals surface area contributed by atoms with Crippen LogP contribution in [0.25, 0.3) is 0 Å². The lowest BCUT2D eigenvalue weighted by atomic mass is 10.1. The zero-order valence-electron chi connectivity index (χ0n) is 16.0. The van der Waals surface area contributed by atoms with Gasteiger partial charge in [-0.15, -0.1) is 10.2 Å². The van der Waals surface area contributed by atoms with E-state index in [0.717, 1.165) is 28.0 Å². The highest BCUT2D eigenvalue weighted by atomic mass is 32.2. The van der Waals surface area contributed by atoms with Crippen molar-refractivity contribution in [1.29, 1.82) is 0 Å². The molecule has 1 amide bonds. The Bertz CT molecular complexity index is 881. The molecule has 3 aromatic rings. The van der Waals surface area contributed by atoms with E-state index in [4.69, 9.17) is 0 Å². The number of benzene rings is 2. The lowest BCUT2D eigenvalue weighted by Gasteiger charge is -2.13. The zero-order chi connectivity index (χ0) is 19.8. The van der Waals surface area contributed by atoms with E-state index in [9.17, 15) is 4.79 Å². The van der Waals surface area contributed by atoms with Crippen LogP contribution in [0, 0.1) is 6.92 Å². The van der Waals surface area contributed by atoms with Gasteiger partial charge >= 0.3 is 0 Å². The normalized spacial score (nSPS) is 11.8. The molecule has 5 nitrogen and oxygen atoms in total. The van der Waals surface area contributed by atoms with Crippen molar-refractivity contribution in [3.8, 4) is 0 Å². The van der Waals surface area contributed by atoms with Gasteiger partial charge < -0.3 is 10.6 Å². The molecule has 1 atom stereocenters. The van der Waals surface area contributed by atoms with Crippen molar-refractivity contribution in [1.82, 2.24) is 15.5 Å². The highest BCUT2D eigenvalue weighted by Crippen LogP contribution is 2.27. The first-order valence-electron chi connectivity index (χ1n) is 9.22. The summed E-state index contributed by atoms with van der Waals surface area (Å²) in [5.74, 6) is 0.364. The maximum absolute atomic E-state index is 12.2. The van der Waals surface area contributed by atoms with Gasteiger partial charge in [-0.05, 0) is 44.4 Å². The lowest BCUT2D eigenvalue weighted by Crippen LogP contribution is -2.34. The Balaban J connectivity index is 1.39. The molecule has 1 aromatic heterocycles. The van der Waals surface area contributed by atoms with E-state index in [1.807, 2.05) is 49.4 Å². The number of anilines is 2. The van der Waals surface area contributed by atoms with Gasteiger partial charge in [0.15, 0.2) is 4.34 Å². The minimum Gasteiger partial charge on any atom is -0.353 e. The predicted octanol–water partition coefficient (Wildman–Crippen LogP) is 4.82. The van der Waals surface area contributed by atoms with Crippen LogP contribution in [0.4, 0.5) is 10.8 Å². The SMILES string of the molecule is Cc1ccc(Nc2nnc(SCC(=O)N[C@@H](C)CCc3ccccc3)s2)cc1. The fourth-order valence-corrected chi connectivity index (χ4v) is 4.21. The predicted molar refractivity (Wildman–Crippen MR) is 117 cm³/mol. The highest BCUT2D eigenvalue weighted by molar-refractivity contribution is 8.01. The van der Waals surface area contributed by atoms with Gasteiger partial charge in [-0.2, -0.15) is 0 Å². The smallest absolute Gasteiger partial charge is 0.230 e. The molecule has 0 saturated carbocycles. The van der Waals surface area contributed by atoms with Crippen LogP contribution in [0.1, 0.15) is 24.5 Å². The number of hydrogen-bond donors (Lipinski definition) is 2. The molecule has 3 rings (SSSR count). The van der Waals surface area contributed by atoms with Crippen LogP contribution in [0.3, 0.4) is 0 Å². The monoisotopic (exact) mass is 412 g/mol. The molecule has 0 aliphatic carbocycles. The Hall–Kier alpha value is -2.38. The Morgan fingerprint density at radius 3 is 2.61 bits per heavy atom. The van der Waals surface area contributed by atoms with Crippen LogP contribution in [0.2, 0.25) is 0 Å². The van der Waals surface area contributed by atoms with E-state index in [1.54, 1.807) is 0 Å². The second-order valence-electron chi connectivity index (χ2n) is 6.65. The van der Waals surface area contributed by atoms with E-state index in [1.165, 1.54) is 34.2 Å². The summed E-state index contributed by atoms with van der Waals surface area (Å²) in [6, 6.07) is 18.6. The second kappa shape index (κ2) is 10.2. The minimum absolute atomic E-state index is 0.0220. The van der Waals surface area contributed by atoms with Crippen molar-refractivity contribution in [2.75, 3.05) is 11.1 Å². The molecule has 0 saturated heterocycles. The van der Waals surface area contributed by atoms with Crippen molar-refractivity contribution >= 4 is 39.8 Å². The molecule has 0 spiro atoms. The Morgan fingerprint density at radius 2 is 1.86 bits per heavy atom. The Kier molecular flexibility index (Phi) is 7.45. The number of carbonyl (C=O) groups excluding carboxylic acids is 1. The average molecular weight is 413 g/mol. The molecular weight excluding hydrogens is 388 g/mol. The first-order valence-corrected chi connectivity index (χ1v) is 11.0. The third-order valence-corrected chi connectivity index (χ3v) is 6.12. The first-order chi connectivity index (χ1) is 13.6. The topological polar surface area (TPSA) is 66.9 Å². The van der Waals surface area contributed by atoms with Crippen LogP contribution in [0.15, 0.2) is 58.9 Å². The number of nitrogens with one attached hydrogen (secondary N) is 2. The lowest BCUT2D eigenvalue weighted by molar-refractivity contribution is -0.119. The number of thioether (sulfide) groups is 1. The number of carbonyl (C=O) groups is 1. The van der Waals surface area contributed by atoms with Crippen LogP contribution in [0.5, 0.6) is 0 Å². The average Bonchev–Trinajstić information content (AvgIpc) is 3.15. The van der Waals surface area contributed by atoms with Gasteiger partial charge in [-0.25, -0.2) is 0 Å². The fraction of sp³-hybridized carbons (Fsp3) is 0.286. The maximum Gasteiger partial charge on any atom is 0.230 e. The van der Waals surface area contributed by atoms with Gasteiger partial charge in [0, 0.05) is 11.7 Å². The first kappa shape index (κ1) is 20.4. The van der Waals surface area contributed by atoms with Crippen molar-refractivity contribution in [2.45, 2.75) is 37.1 Å². The van der Waals surface area contributed by atoms with Crippen LogP contribution in [-0.4, -0.2) is 27.9 Å². The summed E-state index contributed by atoms with van der Waals surface area (Å²) < 4.78 is 0.779. The molecular formula is C21H24N4OS2. The summed E-state index contributed by atoms with van der Waals surface area (Å²) in [5, 5.41) is 15.3. The maximum atomic E-state index is 12.2. The van der Waals surface area contributed by atoms with Crippen LogP contribution in [-0.2, 0) is 11.2 Å². The Labute approximate surface area is 174 Å². The molecule has 146 valence electrons. The molecule has 0 unspecified atom stereocenters. The van der Waals surface area contributed by atoms with E-state index in [0.29, 0.717) is 5.75 Å². The van der Waals surface area contributed by atoms with Gasteiger partial charge in [-0.1, -0.05) is 71.1 Å². The van der Waals surface area contributed by atoms with Gasteiger partial charge in [0.2, 0.25) is 11.0 Å². The van der Waals surface area contributed by atoms with E-state index in [2.05, 4.69) is 39.9 Å². The molecule has 0 aliphatic heterocycles. The second-order valence-corrected chi connectivity index (χ2v) is 8.85. The number of amides is 1. The zero-order valence-corrected chi connectivity index (χ0v) is 17.6. The summed E-state index contributed by atoms with van der Waals surface area (Å²) in [7, 11) is 0. The quantitative estimate of drug-likeness (QED) is 0.493. The van der Waals surface area contributed by atoms with Gasteiger partial charge in [0.05, 0.1) is 5.75 Å². The summed E-state index contributed by atoms with van der Waals surface area (Å²) in [6.45, 7) is 4.09. The van der Waals surface area contributed by atoms with Crippen LogP contribution >= 0.6 is 23.1 Å². The van der Waals surface area contributed by atoms with Gasteiger partial charge in [0.1, 0.15) is 0 Å². The van der Waals surface area contributed by atoms with Crippen molar-refractivity contribution in [2.24, 2.45) is 0 Å². The number of aromatic nitrogens is 2. The molecule has 28 heavy (non-hydrogen) atoms. The summed E-state index contributed by atoms with van der Waals surface area (Å²) in [4.78, 5) is 12.2. The van der Waals surface area contributed by atoms with Gasteiger partial charge in [-0.3, -0.25) is 4.79 Å². The van der Waals surface area contributed by atoms with Crippen molar-refractivity contribution < 1.29 is 4.79 Å². The molecule has 1 heterocycles. The van der Waals surface area contributed by atoms with Crippen LogP contribution < -0.4 is 10.6 Å². The molecule has 2 N–H and O–H groups in total. The minimum atomic E-state index is 0.0220. The largest absolute Gasteiger partial charge is 0.353 e. The third-order valence-electron chi connectivity index (χ3n) is 4.15. The number of nitrogens with zero attached hydrogens (tertiary/aromatic N) is 2. The van der Waals surface area contributed by atoms with Crippen molar-refractivity contribution in [3.63, 3.8) is 0 Å². The number of rotatable bonds is 9. The highest BCUT2D eigenvalue weighted by Gasteiger charge is 2.11. The van der Waals surface area contributed by atoms with E-state index < -0.39 is 0 Å². The summed E-state index contributed by atoms with van der Waals surface area (Å²) >= 11 is 2.86. The summed E-state index contributed by atoms with van der Waals surface area (Å²) in [5.41, 5.74) is 3.48. The standard InChI is InChI=1S/C21H24N4OS2/c1-15-8-12-18(13-9-15)23-20-24-25-21(28-20)27-14-19(26)22-16(2)10-11-17-6-4-3-5-7-17/h3-9,12-13,16H,10-11,14H2,1-2H3,(H,22,26)(H,23,24)/t16-/m0/s1. The van der Waals surface area contributed by atoms with Gasteiger partial charge in [0.25, 0.3) is 0 Å². The molecule has 0 fully saturated rings. The molecule has 0 bridgehead atoms. The molecule has 0 radical (unpaired) electrons. The summed E-state index contributed by atoms with van der Waals surface area (Å²) in [6.07, 6.45) is 1.88. The van der Waals surface area contributed by atoms with E-state index in [-0.39, 0.29) is 11.9 Å². The van der Waals surface area contributed by atoms with E-state index >= 15 is 0 Å². The third kappa shape index (κ3) is 6.65. The number of aryl methyl sites for hydroxylation is 2. The number of hydrogen-bond acceptors (Lipinski definition) is 6. The fourth-order valence-electron chi connectivity index (χ4n) is 2.62.